The van der Waals surface area contributed by atoms with E-state index in [4.69, 9.17) is 0 Å². The molecule has 0 saturated heterocycles. The molecule has 1 aliphatic heterocycles. The second kappa shape index (κ2) is 4.98. The molecule has 96 valence electrons. The Kier molecular flexibility index (Phi) is 3.33. The van der Waals surface area contributed by atoms with Gasteiger partial charge in [0.15, 0.2) is 11.6 Å². The third kappa shape index (κ3) is 2.07. The molecule has 0 radical (unpaired) electrons. The van der Waals surface area contributed by atoms with E-state index in [1.165, 1.54) is 11.8 Å². The van der Waals surface area contributed by atoms with E-state index in [0.717, 1.165) is 16.5 Å². The molecule has 2 aromatic rings. The topological polar surface area (TPSA) is 12.4 Å². The molecular weight excluding hydrogens is 284 g/mol. The van der Waals surface area contributed by atoms with Crippen LogP contribution in [0.25, 0.3) is 0 Å². The molecule has 5 heteroatoms. The fourth-order valence-corrected chi connectivity index (χ4v) is 3.44. The molecule has 0 bridgehead atoms. The third-order valence-electron chi connectivity index (χ3n) is 3.07. The zero-order valence-corrected chi connectivity index (χ0v) is 11.4. The highest BCUT2D eigenvalue weighted by Crippen LogP contribution is 2.35. The third-order valence-corrected chi connectivity index (χ3v) is 4.37. The smallest absolute Gasteiger partial charge is 0.163 e. The van der Waals surface area contributed by atoms with Crippen LogP contribution in [0.15, 0.2) is 45.7 Å². The molecule has 1 nitrogen and oxygen atoms in total. The second-order valence-electron chi connectivity index (χ2n) is 4.12. The maximum absolute atomic E-state index is 13.9. The van der Waals surface area contributed by atoms with E-state index in [0.29, 0.717) is 22.6 Å². The summed E-state index contributed by atoms with van der Waals surface area (Å²) in [5, 5.41) is 0. The summed E-state index contributed by atoms with van der Waals surface area (Å²) >= 11 is 5.46. The van der Waals surface area contributed by atoms with Gasteiger partial charge in [-0.1, -0.05) is 18.2 Å². The predicted octanol–water partition coefficient (Wildman–Crippen LogP) is 4.25. The van der Waals surface area contributed by atoms with Crippen molar-refractivity contribution in [1.82, 2.24) is 0 Å². The molecule has 1 aliphatic rings. The SMILES string of the molecule is Fc1ccc2c(c1F)CSc1ccccc1/C2=N\S. The normalized spacial score (nSPS) is 15.8. The van der Waals surface area contributed by atoms with Crippen LogP contribution in [0.2, 0.25) is 0 Å². The maximum atomic E-state index is 13.9. The fraction of sp³-hybridized carbons (Fsp3) is 0.0714. The van der Waals surface area contributed by atoms with E-state index < -0.39 is 11.6 Å². The van der Waals surface area contributed by atoms with Crippen LogP contribution in [0.5, 0.6) is 0 Å². The number of nitrogens with zero attached hydrogens (tertiary/aromatic N) is 1. The van der Waals surface area contributed by atoms with Gasteiger partial charge in [0.1, 0.15) is 0 Å². The minimum absolute atomic E-state index is 0.342. The minimum Gasteiger partial charge on any atom is -0.219 e. The van der Waals surface area contributed by atoms with E-state index in [9.17, 15) is 8.78 Å². The largest absolute Gasteiger partial charge is 0.219 e. The second-order valence-corrected chi connectivity index (χ2v) is 5.34. The van der Waals surface area contributed by atoms with Crippen molar-refractivity contribution in [3.05, 3.63) is 64.7 Å². The summed E-state index contributed by atoms with van der Waals surface area (Å²) in [6, 6.07) is 10.3. The molecule has 1 heterocycles. The van der Waals surface area contributed by atoms with Crippen molar-refractivity contribution in [2.75, 3.05) is 0 Å². The Labute approximate surface area is 119 Å². The van der Waals surface area contributed by atoms with Crippen molar-refractivity contribution in [1.29, 1.82) is 0 Å². The zero-order chi connectivity index (χ0) is 13.4. The van der Waals surface area contributed by atoms with Gasteiger partial charge in [0.05, 0.1) is 5.71 Å². The molecule has 0 fully saturated rings. The molecule has 0 N–H and O–H groups in total. The van der Waals surface area contributed by atoms with Crippen LogP contribution in [0.1, 0.15) is 16.7 Å². The number of hydrogen-bond acceptors (Lipinski definition) is 3. The van der Waals surface area contributed by atoms with Crippen LogP contribution in [-0.4, -0.2) is 5.71 Å². The number of benzene rings is 2. The van der Waals surface area contributed by atoms with Gasteiger partial charge in [-0.3, -0.25) is 0 Å². The number of fused-ring (bicyclic) bond motifs is 2. The van der Waals surface area contributed by atoms with Gasteiger partial charge in [-0.2, -0.15) is 0 Å². The highest BCUT2D eigenvalue weighted by molar-refractivity contribution is 7.98. The van der Waals surface area contributed by atoms with Crippen LogP contribution in [0.4, 0.5) is 8.78 Å². The lowest BCUT2D eigenvalue weighted by molar-refractivity contribution is 0.502. The van der Waals surface area contributed by atoms with E-state index in [1.807, 2.05) is 24.3 Å². The lowest BCUT2D eigenvalue weighted by Gasteiger charge is -2.09. The molecule has 2 aromatic carbocycles. The quantitative estimate of drug-likeness (QED) is 0.716. The Hall–Kier alpha value is -1.33. The van der Waals surface area contributed by atoms with Gasteiger partial charge in [-0.25, -0.2) is 13.2 Å². The number of halogens is 2. The van der Waals surface area contributed by atoms with Crippen molar-refractivity contribution in [3.8, 4) is 0 Å². The lowest BCUT2D eigenvalue weighted by atomic mass is 9.98. The van der Waals surface area contributed by atoms with Gasteiger partial charge >= 0.3 is 0 Å². The van der Waals surface area contributed by atoms with E-state index in [1.54, 1.807) is 6.07 Å². The van der Waals surface area contributed by atoms with Crippen molar-refractivity contribution < 1.29 is 8.78 Å². The molecule has 3 rings (SSSR count). The Morgan fingerprint density at radius 1 is 1.05 bits per heavy atom. The summed E-state index contributed by atoms with van der Waals surface area (Å²) in [6.07, 6.45) is 0. The van der Waals surface area contributed by atoms with E-state index >= 15 is 0 Å². The van der Waals surface area contributed by atoms with Crippen molar-refractivity contribution in [3.63, 3.8) is 0 Å². The van der Waals surface area contributed by atoms with Crippen LogP contribution in [-0.2, 0) is 5.75 Å². The summed E-state index contributed by atoms with van der Waals surface area (Å²) in [5.41, 5.74) is 2.42. The van der Waals surface area contributed by atoms with Crippen LogP contribution < -0.4 is 0 Å². The van der Waals surface area contributed by atoms with Gasteiger partial charge in [-0.05, 0) is 31.0 Å². The predicted molar refractivity (Wildman–Crippen MR) is 77.0 cm³/mol. The Bertz CT molecular complexity index is 683. The fourth-order valence-electron chi connectivity index (χ4n) is 2.15. The molecular formula is C14H9F2NS2. The first-order valence-electron chi connectivity index (χ1n) is 5.64. The molecule has 0 aromatic heterocycles. The lowest BCUT2D eigenvalue weighted by Crippen LogP contribution is -2.07. The summed E-state index contributed by atoms with van der Waals surface area (Å²) in [5.74, 6) is -1.25. The van der Waals surface area contributed by atoms with Crippen LogP contribution in [0, 0.1) is 11.6 Å². The molecule has 0 saturated carbocycles. The maximum Gasteiger partial charge on any atom is 0.163 e. The number of rotatable bonds is 0. The van der Waals surface area contributed by atoms with Crippen LogP contribution >= 0.6 is 24.6 Å². The van der Waals surface area contributed by atoms with Crippen molar-refractivity contribution in [2.24, 2.45) is 4.40 Å². The number of thiol groups is 1. The summed E-state index contributed by atoms with van der Waals surface area (Å²) < 4.78 is 31.3. The summed E-state index contributed by atoms with van der Waals surface area (Å²) in [6.45, 7) is 0. The molecule has 0 spiro atoms. The first kappa shape index (κ1) is 12.7. The van der Waals surface area contributed by atoms with E-state index in [-0.39, 0.29) is 0 Å². The number of thioether (sulfide) groups is 1. The van der Waals surface area contributed by atoms with Gasteiger partial charge in [-0.15, -0.1) is 11.8 Å². The Morgan fingerprint density at radius 3 is 2.63 bits per heavy atom. The first-order valence-corrected chi connectivity index (χ1v) is 7.02. The molecule has 0 unspecified atom stereocenters. The van der Waals surface area contributed by atoms with Gasteiger partial charge in [0, 0.05) is 27.3 Å². The standard InChI is InChI=1S/C14H9F2NS2/c15-11-6-5-8-10(13(11)16)7-19-12-4-2-1-3-9(12)14(8)17-18/h1-6,18H,7H2/b17-14-. The molecule has 0 aliphatic carbocycles. The van der Waals surface area contributed by atoms with Gasteiger partial charge in [0.25, 0.3) is 0 Å². The van der Waals surface area contributed by atoms with Crippen LogP contribution in [0.3, 0.4) is 0 Å². The average Bonchev–Trinajstić information content (AvgIpc) is 2.59. The Balaban J connectivity index is 2.29. The first-order chi connectivity index (χ1) is 9.22. The highest BCUT2D eigenvalue weighted by Gasteiger charge is 2.23. The molecule has 0 atom stereocenters. The van der Waals surface area contributed by atoms with Gasteiger partial charge in [0.2, 0.25) is 0 Å². The molecule has 19 heavy (non-hydrogen) atoms. The van der Waals surface area contributed by atoms with E-state index in [2.05, 4.69) is 17.2 Å². The monoisotopic (exact) mass is 293 g/mol. The average molecular weight is 293 g/mol. The van der Waals surface area contributed by atoms with Crippen molar-refractivity contribution in [2.45, 2.75) is 10.6 Å². The summed E-state index contributed by atoms with van der Waals surface area (Å²) in [7, 11) is 0. The minimum atomic E-state index is -0.830. The van der Waals surface area contributed by atoms with Gasteiger partial charge < -0.3 is 0 Å². The Morgan fingerprint density at radius 2 is 1.84 bits per heavy atom. The number of hydrogen-bond donors (Lipinski definition) is 1. The van der Waals surface area contributed by atoms with Crippen molar-refractivity contribution >= 4 is 30.3 Å². The highest BCUT2D eigenvalue weighted by atomic mass is 32.2. The summed E-state index contributed by atoms with van der Waals surface area (Å²) in [4.78, 5) is 0.992. The zero-order valence-electron chi connectivity index (χ0n) is 9.73. The molecule has 0 amide bonds.